The van der Waals surface area contributed by atoms with Gasteiger partial charge in [0.25, 0.3) is 11.8 Å². The van der Waals surface area contributed by atoms with Crippen molar-refractivity contribution in [1.82, 2.24) is 4.90 Å². The number of rotatable bonds is 8. The van der Waals surface area contributed by atoms with Crippen molar-refractivity contribution >= 4 is 17.5 Å². The van der Waals surface area contributed by atoms with E-state index in [1.807, 2.05) is 11.0 Å². The Labute approximate surface area is 246 Å². The number of benzene rings is 4. The molecule has 1 heterocycles. The molecule has 1 fully saturated rings. The number of carbonyl (C=O) groups excluding carboxylic acids is 2. The summed E-state index contributed by atoms with van der Waals surface area (Å²) in [6, 6.07) is 26.3. The van der Waals surface area contributed by atoms with Gasteiger partial charge in [-0.3, -0.25) is 9.59 Å². The lowest BCUT2D eigenvalue weighted by atomic mass is 9.99. The average molecular weight is 591 g/mol. The molecule has 0 bridgehead atoms. The first-order valence-corrected chi connectivity index (χ1v) is 13.6. The van der Waals surface area contributed by atoms with Crippen molar-refractivity contribution in [1.29, 1.82) is 0 Å². The third-order valence-electron chi connectivity index (χ3n) is 7.03. The number of piperidine rings is 1. The lowest BCUT2D eigenvalue weighted by molar-refractivity contribution is -0.274. The van der Waals surface area contributed by atoms with Gasteiger partial charge in [-0.2, -0.15) is 0 Å². The van der Waals surface area contributed by atoms with Crippen molar-refractivity contribution in [3.8, 4) is 28.4 Å². The van der Waals surface area contributed by atoms with E-state index in [-0.39, 0.29) is 23.7 Å². The van der Waals surface area contributed by atoms with Gasteiger partial charge in [-0.05, 0) is 65.7 Å². The Kier molecular flexibility index (Phi) is 8.85. The summed E-state index contributed by atoms with van der Waals surface area (Å²) >= 11 is 0. The number of nitrogens with one attached hydrogen (secondary N) is 1. The lowest BCUT2D eigenvalue weighted by Gasteiger charge is -2.32. The molecule has 0 unspecified atom stereocenters. The smallest absolute Gasteiger partial charge is 0.497 e. The minimum atomic E-state index is -4.79. The molecule has 5 rings (SSSR count). The van der Waals surface area contributed by atoms with Crippen molar-refractivity contribution in [2.45, 2.75) is 25.3 Å². The van der Waals surface area contributed by atoms with Gasteiger partial charge < -0.3 is 24.4 Å². The summed E-state index contributed by atoms with van der Waals surface area (Å²) in [5, 5.41) is 2.88. The number of alkyl halides is 3. The average Bonchev–Trinajstić information content (AvgIpc) is 3.01. The van der Waals surface area contributed by atoms with Crippen LogP contribution in [0.15, 0.2) is 97.1 Å². The fourth-order valence-corrected chi connectivity index (χ4v) is 4.90. The minimum Gasteiger partial charge on any atom is -0.497 e. The van der Waals surface area contributed by atoms with E-state index in [1.165, 1.54) is 24.3 Å². The van der Waals surface area contributed by atoms with Crippen LogP contribution in [0.5, 0.6) is 17.2 Å². The van der Waals surface area contributed by atoms with Crippen LogP contribution in [0.1, 0.15) is 33.6 Å². The highest BCUT2D eigenvalue weighted by molar-refractivity contribution is 6.08. The van der Waals surface area contributed by atoms with E-state index < -0.39 is 6.36 Å². The number of carbonyl (C=O) groups is 2. The zero-order valence-corrected chi connectivity index (χ0v) is 23.3. The molecular formula is C33H29F3N2O5. The molecule has 43 heavy (non-hydrogen) atoms. The molecule has 0 atom stereocenters. The highest BCUT2D eigenvalue weighted by Gasteiger charge is 2.31. The maximum absolute atomic E-state index is 13.2. The summed E-state index contributed by atoms with van der Waals surface area (Å²) in [7, 11) is 1.58. The Morgan fingerprint density at radius 1 is 0.814 bits per heavy atom. The van der Waals surface area contributed by atoms with E-state index in [2.05, 4.69) is 10.1 Å². The molecule has 1 aliphatic rings. The number of ether oxygens (including phenoxy) is 3. The normalized spacial score (nSPS) is 13.7. The predicted octanol–water partition coefficient (Wildman–Crippen LogP) is 7.20. The van der Waals surface area contributed by atoms with Gasteiger partial charge in [-0.25, -0.2) is 0 Å². The Balaban J connectivity index is 1.19. The van der Waals surface area contributed by atoms with Crippen LogP contribution in [-0.2, 0) is 0 Å². The van der Waals surface area contributed by atoms with Crippen LogP contribution >= 0.6 is 0 Å². The largest absolute Gasteiger partial charge is 0.573 e. The molecule has 4 aromatic rings. The maximum Gasteiger partial charge on any atom is 0.573 e. The highest BCUT2D eigenvalue weighted by atomic mass is 19.4. The van der Waals surface area contributed by atoms with Crippen LogP contribution in [0.3, 0.4) is 0 Å². The number of amides is 2. The van der Waals surface area contributed by atoms with Crippen molar-refractivity contribution in [2.24, 2.45) is 0 Å². The Hall–Kier alpha value is -4.99. The lowest BCUT2D eigenvalue weighted by Crippen LogP contribution is -2.41. The van der Waals surface area contributed by atoms with Crippen molar-refractivity contribution in [3.63, 3.8) is 0 Å². The van der Waals surface area contributed by atoms with E-state index in [1.54, 1.807) is 73.8 Å². The van der Waals surface area contributed by atoms with E-state index in [0.717, 1.165) is 0 Å². The van der Waals surface area contributed by atoms with Gasteiger partial charge in [0, 0.05) is 48.8 Å². The second-order valence-corrected chi connectivity index (χ2v) is 9.94. The van der Waals surface area contributed by atoms with Crippen molar-refractivity contribution in [2.75, 3.05) is 25.5 Å². The van der Waals surface area contributed by atoms with E-state index in [0.29, 0.717) is 65.4 Å². The highest BCUT2D eigenvalue weighted by Crippen LogP contribution is 2.30. The van der Waals surface area contributed by atoms with Gasteiger partial charge >= 0.3 is 6.36 Å². The molecule has 7 nitrogen and oxygen atoms in total. The number of hydrogen-bond acceptors (Lipinski definition) is 5. The quantitative estimate of drug-likeness (QED) is 0.235. The third kappa shape index (κ3) is 7.65. The fraction of sp³-hybridized carbons (Fsp3) is 0.212. The summed E-state index contributed by atoms with van der Waals surface area (Å²) in [5.41, 5.74) is 2.61. The molecule has 0 aromatic heterocycles. The summed E-state index contributed by atoms with van der Waals surface area (Å²) in [5.74, 6) is 0.528. The number of nitrogens with zero attached hydrogens (tertiary/aromatic N) is 1. The summed E-state index contributed by atoms with van der Waals surface area (Å²) < 4.78 is 52.9. The van der Waals surface area contributed by atoms with Crippen LogP contribution in [0.2, 0.25) is 0 Å². The number of likely N-dealkylation sites (tertiary alicyclic amines) is 1. The molecule has 4 aromatic carbocycles. The summed E-state index contributed by atoms with van der Waals surface area (Å²) in [4.78, 5) is 27.9. The minimum absolute atomic E-state index is 0.0309. The van der Waals surface area contributed by atoms with Gasteiger partial charge in [-0.1, -0.05) is 36.4 Å². The van der Waals surface area contributed by atoms with Crippen LogP contribution in [-0.4, -0.2) is 49.4 Å². The summed E-state index contributed by atoms with van der Waals surface area (Å²) in [6.07, 6.45) is -3.54. The first kappa shape index (κ1) is 29.5. The molecule has 0 aliphatic carbocycles. The van der Waals surface area contributed by atoms with Gasteiger partial charge in [0.05, 0.1) is 7.11 Å². The van der Waals surface area contributed by atoms with Gasteiger partial charge in [0.2, 0.25) is 0 Å². The second-order valence-electron chi connectivity index (χ2n) is 9.94. The van der Waals surface area contributed by atoms with Gasteiger partial charge in [-0.15, -0.1) is 13.2 Å². The first-order chi connectivity index (χ1) is 20.7. The van der Waals surface area contributed by atoms with E-state index in [9.17, 15) is 22.8 Å². The first-order valence-electron chi connectivity index (χ1n) is 13.6. The molecule has 2 amide bonds. The second kappa shape index (κ2) is 12.9. The number of halogens is 3. The molecule has 0 spiro atoms. The van der Waals surface area contributed by atoms with Crippen LogP contribution < -0.4 is 19.5 Å². The zero-order valence-electron chi connectivity index (χ0n) is 23.3. The summed E-state index contributed by atoms with van der Waals surface area (Å²) in [6.45, 7) is 1.12. The monoisotopic (exact) mass is 590 g/mol. The number of hydrogen-bond donors (Lipinski definition) is 1. The standard InChI is InChI=1S/C33H29F3N2O5/c1-41-25-13-11-23(12-14-25)32(40)38-19-17-26(18-20-38)42-28-6-4-5-24(21-28)37-31(39)30-8-3-2-7-29(30)22-9-15-27(16-10-22)43-33(34,35)36/h2-16,21,26H,17-20H2,1H3,(H,37,39). The topological polar surface area (TPSA) is 77.1 Å². The molecule has 10 heteroatoms. The number of anilines is 1. The van der Waals surface area contributed by atoms with E-state index in [4.69, 9.17) is 9.47 Å². The Morgan fingerprint density at radius 2 is 1.49 bits per heavy atom. The van der Waals surface area contributed by atoms with Crippen molar-refractivity contribution in [3.05, 3.63) is 108 Å². The zero-order chi connectivity index (χ0) is 30.4. The SMILES string of the molecule is COc1ccc(C(=O)N2CCC(Oc3cccc(NC(=O)c4ccccc4-c4ccc(OC(F)(F)F)cc4)c3)CC2)cc1. The third-order valence-corrected chi connectivity index (χ3v) is 7.03. The van der Waals surface area contributed by atoms with Crippen LogP contribution in [0, 0.1) is 0 Å². The van der Waals surface area contributed by atoms with Crippen LogP contribution in [0.4, 0.5) is 18.9 Å². The molecule has 1 aliphatic heterocycles. The molecule has 0 saturated carbocycles. The fourth-order valence-electron chi connectivity index (χ4n) is 4.90. The molecule has 0 radical (unpaired) electrons. The molecule has 1 saturated heterocycles. The van der Waals surface area contributed by atoms with Crippen molar-refractivity contribution < 1.29 is 37.0 Å². The Morgan fingerprint density at radius 3 is 2.16 bits per heavy atom. The maximum atomic E-state index is 13.2. The van der Waals surface area contributed by atoms with Crippen LogP contribution in [0.25, 0.3) is 11.1 Å². The van der Waals surface area contributed by atoms with Gasteiger partial charge in [0.1, 0.15) is 23.4 Å². The predicted molar refractivity (Wildman–Crippen MR) is 156 cm³/mol. The van der Waals surface area contributed by atoms with Gasteiger partial charge in [0.15, 0.2) is 0 Å². The number of methoxy groups -OCH3 is 1. The molecule has 1 N–H and O–H groups in total. The molecule has 222 valence electrons. The van der Waals surface area contributed by atoms with E-state index >= 15 is 0 Å². The Bertz CT molecular complexity index is 1560. The molecular weight excluding hydrogens is 561 g/mol.